The Hall–Kier alpha value is -0.280. The average Bonchev–Trinajstić information content (AvgIpc) is 2.31. The first-order valence-corrected chi connectivity index (χ1v) is 7.02. The molecule has 1 saturated carbocycles. The van der Waals surface area contributed by atoms with Crippen molar-refractivity contribution in [3.05, 3.63) is 33.8 Å². The minimum absolute atomic E-state index is 0.185. The zero-order valence-electron chi connectivity index (χ0n) is 10.5. The van der Waals surface area contributed by atoms with Crippen molar-refractivity contribution in [2.75, 3.05) is 6.54 Å². The third-order valence-corrected chi connectivity index (χ3v) is 4.75. The van der Waals surface area contributed by atoms with Gasteiger partial charge in [-0.25, -0.2) is 0 Å². The molecule has 2 nitrogen and oxygen atoms in total. The van der Waals surface area contributed by atoms with Crippen LogP contribution in [0.2, 0.25) is 10.0 Å². The molecule has 0 saturated heterocycles. The molecule has 2 rings (SSSR count). The van der Waals surface area contributed by atoms with E-state index in [4.69, 9.17) is 28.9 Å². The highest BCUT2D eigenvalue weighted by molar-refractivity contribution is 6.42. The fraction of sp³-hybridized carbons (Fsp3) is 0.571. The molecule has 1 aliphatic carbocycles. The summed E-state index contributed by atoms with van der Waals surface area (Å²) >= 11 is 12.0. The molecule has 0 heterocycles. The second-order valence-corrected chi connectivity index (χ2v) is 6.46. The Morgan fingerprint density at radius 1 is 1.28 bits per heavy atom. The van der Waals surface area contributed by atoms with E-state index in [1.807, 2.05) is 19.1 Å². The van der Waals surface area contributed by atoms with E-state index < -0.39 is 5.60 Å². The van der Waals surface area contributed by atoms with E-state index in [0.717, 1.165) is 24.8 Å². The van der Waals surface area contributed by atoms with Gasteiger partial charge in [0.15, 0.2) is 0 Å². The van der Waals surface area contributed by atoms with Gasteiger partial charge < -0.3 is 10.8 Å². The maximum atomic E-state index is 10.3. The van der Waals surface area contributed by atoms with Gasteiger partial charge in [0.25, 0.3) is 0 Å². The van der Waals surface area contributed by atoms with Gasteiger partial charge in [-0.2, -0.15) is 0 Å². The van der Waals surface area contributed by atoms with Gasteiger partial charge >= 0.3 is 0 Å². The Bertz CT molecular complexity index is 447. The van der Waals surface area contributed by atoms with Crippen LogP contribution in [0.15, 0.2) is 18.2 Å². The molecule has 0 aromatic heterocycles. The number of hydrogen-bond acceptors (Lipinski definition) is 2. The monoisotopic (exact) mass is 287 g/mol. The summed E-state index contributed by atoms with van der Waals surface area (Å²) in [7, 11) is 0. The van der Waals surface area contributed by atoms with Crippen LogP contribution in [0.4, 0.5) is 0 Å². The summed E-state index contributed by atoms with van der Waals surface area (Å²) in [4.78, 5) is 0. The molecule has 100 valence electrons. The Morgan fingerprint density at radius 2 is 2.00 bits per heavy atom. The molecule has 0 aliphatic heterocycles. The van der Waals surface area contributed by atoms with Crippen LogP contribution in [0.3, 0.4) is 0 Å². The largest absolute Gasteiger partial charge is 0.390 e. The lowest BCUT2D eigenvalue weighted by molar-refractivity contribution is -0.00819. The van der Waals surface area contributed by atoms with E-state index in [1.165, 1.54) is 0 Å². The van der Waals surface area contributed by atoms with Crippen LogP contribution in [0, 0.1) is 0 Å². The predicted molar refractivity (Wildman–Crippen MR) is 76.3 cm³/mol. The second kappa shape index (κ2) is 5.01. The van der Waals surface area contributed by atoms with Gasteiger partial charge in [0, 0.05) is 12.0 Å². The van der Waals surface area contributed by atoms with Gasteiger partial charge in [-0.3, -0.25) is 0 Å². The maximum absolute atomic E-state index is 10.3. The van der Waals surface area contributed by atoms with Crippen molar-refractivity contribution in [1.82, 2.24) is 0 Å². The molecule has 0 unspecified atom stereocenters. The highest BCUT2D eigenvalue weighted by atomic mass is 35.5. The molecule has 1 aromatic carbocycles. The second-order valence-electron chi connectivity index (χ2n) is 5.64. The summed E-state index contributed by atoms with van der Waals surface area (Å²) < 4.78 is 0. The molecule has 0 amide bonds. The van der Waals surface area contributed by atoms with Crippen LogP contribution >= 0.6 is 23.2 Å². The molecule has 1 aliphatic rings. The van der Waals surface area contributed by atoms with Crippen molar-refractivity contribution in [3.8, 4) is 0 Å². The smallest absolute Gasteiger partial charge is 0.0628 e. The van der Waals surface area contributed by atoms with Gasteiger partial charge in [-0.15, -0.1) is 0 Å². The molecule has 2 atom stereocenters. The third kappa shape index (κ3) is 2.67. The first-order chi connectivity index (χ1) is 8.38. The van der Waals surface area contributed by atoms with Gasteiger partial charge in [0.1, 0.15) is 0 Å². The van der Waals surface area contributed by atoms with E-state index in [-0.39, 0.29) is 5.41 Å². The third-order valence-electron chi connectivity index (χ3n) is 4.01. The van der Waals surface area contributed by atoms with Crippen LogP contribution in [-0.4, -0.2) is 17.3 Å². The van der Waals surface area contributed by atoms with E-state index >= 15 is 0 Å². The number of aliphatic hydroxyl groups is 1. The topological polar surface area (TPSA) is 46.2 Å². The Balaban J connectivity index is 2.40. The Kier molecular flexibility index (Phi) is 3.93. The van der Waals surface area contributed by atoms with Gasteiger partial charge in [0.2, 0.25) is 0 Å². The van der Waals surface area contributed by atoms with Crippen molar-refractivity contribution >= 4 is 23.2 Å². The fourth-order valence-corrected chi connectivity index (χ4v) is 3.38. The molecule has 18 heavy (non-hydrogen) atoms. The number of hydrogen-bond donors (Lipinski definition) is 2. The quantitative estimate of drug-likeness (QED) is 0.874. The van der Waals surface area contributed by atoms with Gasteiger partial charge in [0.05, 0.1) is 15.6 Å². The lowest BCUT2D eigenvalue weighted by Crippen LogP contribution is -2.46. The highest BCUT2D eigenvalue weighted by Gasteiger charge is 2.41. The minimum atomic E-state index is -0.649. The van der Waals surface area contributed by atoms with E-state index in [2.05, 4.69) is 0 Å². The summed E-state index contributed by atoms with van der Waals surface area (Å²) in [6, 6.07) is 5.67. The normalized spacial score (nSPS) is 32.5. The van der Waals surface area contributed by atoms with Crippen molar-refractivity contribution in [2.24, 2.45) is 5.73 Å². The standard InChI is InChI=1S/C14H19Cl2NO/c1-13(18)5-2-6-14(8-13,9-17)10-3-4-11(15)12(16)7-10/h3-4,7,18H,2,5-6,8-9,17H2,1H3/t13-,14-/m1/s1. The summed E-state index contributed by atoms with van der Waals surface area (Å²) in [6.07, 6.45) is 3.46. The first-order valence-electron chi connectivity index (χ1n) is 6.27. The van der Waals surface area contributed by atoms with Crippen molar-refractivity contribution in [2.45, 2.75) is 43.6 Å². The first kappa shape index (κ1) is 14.1. The summed E-state index contributed by atoms with van der Waals surface area (Å²) in [6.45, 7) is 2.40. The van der Waals surface area contributed by atoms with E-state index in [0.29, 0.717) is 23.0 Å². The molecule has 0 spiro atoms. The van der Waals surface area contributed by atoms with Crippen molar-refractivity contribution in [1.29, 1.82) is 0 Å². The molecule has 4 heteroatoms. The summed E-state index contributed by atoms with van der Waals surface area (Å²) in [5, 5.41) is 11.4. The number of benzene rings is 1. The van der Waals surface area contributed by atoms with Crippen LogP contribution in [0.25, 0.3) is 0 Å². The molecule has 0 bridgehead atoms. The number of halogens is 2. The van der Waals surface area contributed by atoms with Crippen LogP contribution in [-0.2, 0) is 5.41 Å². The van der Waals surface area contributed by atoms with Crippen LogP contribution in [0.5, 0.6) is 0 Å². The summed E-state index contributed by atoms with van der Waals surface area (Å²) in [5.41, 5.74) is 6.24. The zero-order valence-corrected chi connectivity index (χ0v) is 12.1. The Labute approximate surface area is 118 Å². The van der Waals surface area contributed by atoms with Crippen molar-refractivity contribution < 1.29 is 5.11 Å². The molecule has 1 fully saturated rings. The summed E-state index contributed by atoms with van der Waals surface area (Å²) in [5.74, 6) is 0. The lowest BCUT2D eigenvalue weighted by atomic mass is 9.64. The van der Waals surface area contributed by atoms with Crippen LogP contribution < -0.4 is 5.73 Å². The molecule has 1 aromatic rings. The molecular weight excluding hydrogens is 269 g/mol. The van der Waals surface area contributed by atoms with Crippen molar-refractivity contribution in [3.63, 3.8) is 0 Å². The molecule has 0 radical (unpaired) electrons. The molecule has 3 N–H and O–H groups in total. The Morgan fingerprint density at radius 3 is 2.56 bits per heavy atom. The highest BCUT2D eigenvalue weighted by Crippen LogP contribution is 2.44. The SMILES string of the molecule is C[C@@]1(O)CCC[C@@](CN)(c2ccc(Cl)c(Cl)c2)C1. The number of rotatable bonds is 2. The zero-order chi connectivity index (χ0) is 13.4. The van der Waals surface area contributed by atoms with Crippen LogP contribution in [0.1, 0.15) is 38.2 Å². The van der Waals surface area contributed by atoms with Gasteiger partial charge in [-0.05, 0) is 50.3 Å². The average molecular weight is 288 g/mol. The lowest BCUT2D eigenvalue weighted by Gasteiger charge is -2.44. The minimum Gasteiger partial charge on any atom is -0.390 e. The fourth-order valence-electron chi connectivity index (χ4n) is 3.08. The van der Waals surface area contributed by atoms with Gasteiger partial charge in [-0.1, -0.05) is 29.3 Å². The molecular formula is C14H19Cl2NO. The van der Waals surface area contributed by atoms with E-state index in [9.17, 15) is 5.11 Å². The predicted octanol–water partition coefficient (Wildman–Crippen LogP) is 3.51. The maximum Gasteiger partial charge on any atom is 0.0628 e. The van der Waals surface area contributed by atoms with E-state index in [1.54, 1.807) is 6.07 Å². The number of nitrogens with two attached hydrogens (primary N) is 1.